The van der Waals surface area contributed by atoms with Gasteiger partial charge in [0.05, 0.1) is 12.7 Å². The van der Waals surface area contributed by atoms with Crippen LogP contribution in [0.2, 0.25) is 5.02 Å². The Morgan fingerprint density at radius 2 is 2.04 bits per heavy atom. The summed E-state index contributed by atoms with van der Waals surface area (Å²) in [7, 11) is 1.44. The van der Waals surface area contributed by atoms with Gasteiger partial charge in [0.25, 0.3) is 0 Å². The van der Waals surface area contributed by atoms with Crippen LogP contribution in [0.25, 0.3) is 0 Å². The van der Waals surface area contributed by atoms with E-state index in [1.165, 1.54) is 25.3 Å². The summed E-state index contributed by atoms with van der Waals surface area (Å²) in [6.07, 6.45) is 1.33. The van der Waals surface area contributed by atoms with Crippen LogP contribution in [0.1, 0.15) is 28.8 Å². The molecule has 1 fully saturated rings. The van der Waals surface area contributed by atoms with Crippen molar-refractivity contribution in [2.24, 2.45) is 5.92 Å². The highest BCUT2D eigenvalue weighted by Crippen LogP contribution is 2.27. The predicted molar refractivity (Wildman–Crippen MR) is 107 cm³/mol. The Morgan fingerprint density at radius 3 is 2.75 bits per heavy atom. The summed E-state index contributed by atoms with van der Waals surface area (Å²) in [4.78, 5) is 27.1. The second-order valence-electron chi connectivity index (χ2n) is 6.89. The van der Waals surface area contributed by atoms with Crippen molar-refractivity contribution < 1.29 is 18.7 Å². The van der Waals surface area contributed by atoms with E-state index in [9.17, 15) is 14.0 Å². The number of carbonyl (C=O) groups is 2. The normalized spacial score (nSPS) is 16.6. The van der Waals surface area contributed by atoms with Crippen LogP contribution in [-0.2, 0) is 0 Å². The highest BCUT2D eigenvalue weighted by Gasteiger charge is 2.30. The fourth-order valence-electron chi connectivity index (χ4n) is 3.34. The summed E-state index contributed by atoms with van der Waals surface area (Å²) < 4.78 is 18.8. The number of aryl methyl sites for hydroxylation is 1. The number of rotatable bonds is 4. The number of hydrogen-bond donors (Lipinski definition) is 1. The van der Waals surface area contributed by atoms with Gasteiger partial charge in [0.1, 0.15) is 11.6 Å². The number of carbonyl (C=O) groups excluding carboxylic acids is 2. The zero-order chi connectivity index (χ0) is 20.3. The molecule has 1 unspecified atom stereocenters. The van der Waals surface area contributed by atoms with Crippen molar-refractivity contribution >= 4 is 29.1 Å². The number of anilines is 1. The molecule has 2 aromatic rings. The maximum absolute atomic E-state index is 13.6. The van der Waals surface area contributed by atoms with Crippen molar-refractivity contribution in [1.29, 1.82) is 0 Å². The number of Topliss-reactive ketones (excluding diaryl/α,β-unsaturated/α-hetero) is 1. The van der Waals surface area contributed by atoms with Crippen LogP contribution in [-0.4, -0.2) is 36.9 Å². The first kappa shape index (κ1) is 20.1. The van der Waals surface area contributed by atoms with Crippen LogP contribution >= 0.6 is 11.6 Å². The molecule has 0 spiro atoms. The molecule has 2 amide bonds. The zero-order valence-corrected chi connectivity index (χ0v) is 16.6. The summed E-state index contributed by atoms with van der Waals surface area (Å²) >= 11 is 6.10. The maximum Gasteiger partial charge on any atom is 0.321 e. The monoisotopic (exact) mass is 404 g/mol. The summed E-state index contributed by atoms with van der Waals surface area (Å²) in [6.45, 7) is 2.70. The molecular formula is C21H22ClFN2O3. The van der Waals surface area contributed by atoms with Crippen molar-refractivity contribution in [2.75, 3.05) is 25.5 Å². The summed E-state index contributed by atoms with van der Waals surface area (Å²) in [5.41, 5.74) is 1.73. The number of nitrogens with one attached hydrogen (secondary N) is 1. The zero-order valence-electron chi connectivity index (χ0n) is 15.8. The lowest BCUT2D eigenvalue weighted by atomic mass is 9.89. The molecule has 1 saturated heterocycles. The second-order valence-corrected chi connectivity index (χ2v) is 7.30. The van der Waals surface area contributed by atoms with Gasteiger partial charge in [-0.2, -0.15) is 0 Å². The third-order valence-electron chi connectivity index (χ3n) is 4.93. The number of ether oxygens (including phenoxy) is 1. The number of urea groups is 1. The number of halogens is 2. The molecule has 0 aromatic heterocycles. The van der Waals surface area contributed by atoms with Gasteiger partial charge >= 0.3 is 6.03 Å². The van der Waals surface area contributed by atoms with E-state index in [1.54, 1.807) is 17.0 Å². The number of benzene rings is 2. The molecule has 1 N–H and O–H groups in total. The Morgan fingerprint density at radius 1 is 1.25 bits per heavy atom. The number of hydrogen-bond acceptors (Lipinski definition) is 3. The van der Waals surface area contributed by atoms with Crippen molar-refractivity contribution in [3.63, 3.8) is 0 Å². The molecule has 1 aliphatic heterocycles. The minimum atomic E-state index is -0.495. The average Bonchev–Trinajstić information content (AvgIpc) is 2.70. The van der Waals surface area contributed by atoms with Gasteiger partial charge in [-0.25, -0.2) is 9.18 Å². The quantitative estimate of drug-likeness (QED) is 0.735. The van der Waals surface area contributed by atoms with E-state index < -0.39 is 11.7 Å². The second kappa shape index (κ2) is 8.61. The van der Waals surface area contributed by atoms with E-state index >= 15 is 0 Å². The van der Waals surface area contributed by atoms with Crippen molar-refractivity contribution in [1.82, 2.24) is 4.90 Å². The molecule has 1 heterocycles. The molecular weight excluding hydrogens is 383 g/mol. The van der Waals surface area contributed by atoms with Gasteiger partial charge in [0.15, 0.2) is 5.78 Å². The summed E-state index contributed by atoms with van der Waals surface area (Å²) in [5.74, 6) is -0.780. The predicted octanol–water partition coefficient (Wildman–Crippen LogP) is 4.92. The Balaban J connectivity index is 1.71. The van der Waals surface area contributed by atoms with Crippen LogP contribution in [0.3, 0.4) is 0 Å². The molecule has 0 bridgehead atoms. The first-order valence-corrected chi connectivity index (χ1v) is 9.46. The van der Waals surface area contributed by atoms with Gasteiger partial charge in [-0.05, 0) is 55.7 Å². The van der Waals surface area contributed by atoms with Crippen molar-refractivity contribution in [2.45, 2.75) is 19.8 Å². The lowest BCUT2D eigenvalue weighted by Gasteiger charge is -2.32. The molecule has 3 rings (SSSR count). The van der Waals surface area contributed by atoms with E-state index in [0.29, 0.717) is 35.8 Å². The van der Waals surface area contributed by atoms with E-state index in [0.717, 1.165) is 5.56 Å². The minimum Gasteiger partial charge on any atom is -0.496 e. The molecule has 0 aliphatic carbocycles. The largest absolute Gasteiger partial charge is 0.496 e. The first-order chi connectivity index (χ1) is 13.4. The Bertz CT molecular complexity index is 903. The van der Waals surface area contributed by atoms with Gasteiger partial charge in [0, 0.05) is 29.7 Å². The molecule has 28 heavy (non-hydrogen) atoms. The number of piperidine rings is 1. The van der Waals surface area contributed by atoms with Crippen molar-refractivity contribution in [3.05, 3.63) is 58.4 Å². The lowest BCUT2D eigenvalue weighted by molar-refractivity contribution is 0.0848. The molecule has 1 aliphatic rings. The molecule has 2 aromatic carbocycles. The van der Waals surface area contributed by atoms with Crippen LogP contribution in [0.15, 0.2) is 36.4 Å². The molecule has 5 nitrogen and oxygen atoms in total. The van der Waals surface area contributed by atoms with Gasteiger partial charge in [-0.15, -0.1) is 0 Å². The highest BCUT2D eigenvalue weighted by molar-refractivity contribution is 6.31. The lowest BCUT2D eigenvalue weighted by Crippen LogP contribution is -2.44. The number of ketones is 1. The number of amides is 2. The standard InChI is InChI=1S/C21H22ClFN2O3/c1-13-5-7-16(11-18(13)22)24-21(27)25-9-3-4-14(12-25)20(26)17-10-15(23)6-8-19(17)28-2/h5-8,10-11,14H,3-4,9,12H2,1-2H3,(H,24,27). The van der Waals surface area contributed by atoms with Crippen LogP contribution in [0, 0.1) is 18.7 Å². The first-order valence-electron chi connectivity index (χ1n) is 9.09. The number of likely N-dealkylation sites (tertiary alicyclic amines) is 1. The van der Waals surface area contributed by atoms with Gasteiger partial charge in [-0.3, -0.25) is 4.79 Å². The Kier molecular flexibility index (Phi) is 6.19. The van der Waals surface area contributed by atoms with E-state index in [-0.39, 0.29) is 23.9 Å². The van der Waals surface area contributed by atoms with Gasteiger partial charge < -0.3 is 15.0 Å². The van der Waals surface area contributed by atoms with Crippen LogP contribution in [0.4, 0.5) is 14.9 Å². The molecule has 0 radical (unpaired) electrons. The minimum absolute atomic E-state index is 0.208. The number of methoxy groups -OCH3 is 1. The third-order valence-corrected chi connectivity index (χ3v) is 5.34. The molecule has 0 saturated carbocycles. The van der Waals surface area contributed by atoms with Gasteiger partial charge in [-0.1, -0.05) is 17.7 Å². The van der Waals surface area contributed by atoms with E-state index in [4.69, 9.17) is 16.3 Å². The van der Waals surface area contributed by atoms with E-state index in [1.807, 2.05) is 13.0 Å². The summed E-state index contributed by atoms with van der Waals surface area (Å²) in [6, 6.07) is 8.90. The maximum atomic E-state index is 13.6. The van der Waals surface area contributed by atoms with Crippen LogP contribution in [0.5, 0.6) is 5.75 Å². The summed E-state index contributed by atoms with van der Waals surface area (Å²) in [5, 5.41) is 3.39. The average molecular weight is 405 g/mol. The third kappa shape index (κ3) is 4.44. The van der Waals surface area contributed by atoms with Gasteiger partial charge in [0.2, 0.25) is 0 Å². The Labute approximate surface area is 168 Å². The topological polar surface area (TPSA) is 58.6 Å². The smallest absolute Gasteiger partial charge is 0.321 e. The number of nitrogens with zero attached hydrogens (tertiary/aromatic N) is 1. The molecule has 1 atom stereocenters. The molecule has 7 heteroatoms. The van der Waals surface area contributed by atoms with Crippen molar-refractivity contribution in [3.8, 4) is 5.75 Å². The fraction of sp³-hybridized carbons (Fsp3) is 0.333. The SMILES string of the molecule is COc1ccc(F)cc1C(=O)C1CCCN(C(=O)Nc2ccc(C)c(Cl)c2)C1. The molecule has 148 valence electrons. The Hall–Kier alpha value is -2.60. The van der Waals surface area contributed by atoms with Crippen LogP contribution < -0.4 is 10.1 Å². The fourth-order valence-corrected chi connectivity index (χ4v) is 3.52. The highest BCUT2D eigenvalue weighted by atomic mass is 35.5. The van der Waals surface area contributed by atoms with E-state index in [2.05, 4.69) is 5.32 Å².